The van der Waals surface area contributed by atoms with Gasteiger partial charge in [-0.25, -0.2) is 9.59 Å². The van der Waals surface area contributed by atoms with E-state index in [4.69, 9.17) is 0 Å². The normalized spacial score (nSPS) is 12.9. The van der Waals surface area contributed by atoms with E-state index in [0.717, 1.165) is 50.7 Å². The van der Waals surface area contributed by atoms with Crippen LogP contribution in [-0.4, -0.2) is 47.9 Å². The highest BCUT2D eigenvalue weighted by molar-refractivity contribution is 5.99. The molecule has 0 bridgehead atoms. The Balaban J connectivity index is 1.68. The van der Waals surface area contributed by atoms with Crippen molar-refractivity contribution in [3.63, 3.8) is 0 Å². The fourth-order valence-corrected chi connectivity index (χ4v) is 3.25. The number of benzene rings is 2. The van der Waals surface area contributed by atoms with Crippen molar-refractivity contribution in [1.82, 2.24) is 10.2 Å². The number of likely N-dealkylation sites (tertiary alicyclic amines) is 1. The second kappa shape index (κ2) is 9.70. The minimum atomic E-state index is -0.779. The van der Waals surface area contributed by atoms with Crippen LogP contribution in [0.4, 0.5) is 16.2 Å². The van der Waals surface area contributed by atoms with Crippen LogP contribution in [0.1, 0.15) is 39.1 Å². The molecule has 0 aromatic heterocycles. The Morgan fingerprint density at radius 1 is 1.10 bits per heavy atom. The molecule has 1 aliphatic rings. The summed E-state index contributed by atoms with van der Waals surface area (Å²) in [5.41, 5.74) is 0.819. The summed E-state index contributed by atoms with van der Waals surface area (Å²) < 4.78 is 4.59. The number of anilines is 1. The van der Waals surface area contributed by atoms with Gasteiger partial charge in [-0.2, -0.15) is 0 Å². The van der Waals surface area contributed by atoms with Crippen molar-refractivity contribution in [3.05, 3.63) is 69.3 Å². The van der Waals surface area contributed by atoms with Crippen LogP contribution in [0, 0.1) is 10.1 Å². The third-order valence-electron chi connectivity index (χ3n) is 4.84. The number of nitro groups is 1. The van der Waals surface area contributed by atoms with E-state index >= 15 is 0 Å². The lowest BCUT2D eigenvalue weighted by atomic mass is 10.1. The zero-order valence-corrected chi connectivity index (χ0v) is 16.9. The molecule has 3 amide bonds. The number of ether oxygens (including phenoxy) is 1. The predicted octanol–water partition coefficient (Wildman–Crippen LogP) is 2.94. The molecule has 2 aromatic rings. The van der Waals surface area contributed by atoms with Crippen LogP contribution >= 0.6 is 0 Å². The van der Waals surface area contributed by atoms with Crippen molar-refractivity contribution in [2.75, 3.05) is 25.5 Å². The van der Waals surface area contributed by atoms with Gasteiger partial charge in [0.2, 0.25) is 0 Å². The minimum Gasteiger partial charge on any atom is -0.465 e. The van der Waals surface area contributed by atoms with Crippen LogP contribution in [-0.2, 0) is 11.3 Å². The summed E-state index contributed by atoms with van der Waals surface area (Å²) in [6, 6.07) is 10.2. The summed E-state index contributed by atoms with van der Waals surface area (Å²) in [5, 5.41) is 16.6. The topological polar surface area (TPSA) is 131 Å². The Morgan fingerprint density at radius 3 is 2.48 bits per heavy atom. The maximum Gasteiger partial charge on any atom is 0.338 e. The van der Waals surface area contributed by atoms with Crippen LogP contribution in [0.3, 0.4) is 0 Å². The average Bonchev–Trinajstić information content (AvgIpc) is 3.32. The molecule has 0 atom stereocenters. The van der Waals surface area contributed by atoms with E-state index in [2.05, 4.69) is 15.4 Å². The second-order valence-corrected chi connectivity index (χ2v) is 7.02. The van der Waals surface area contributed by atoms with Crippen LogP contribution < -0.4 is 10.6 Å². The number of hydrogen-bond acceptors (Lipinski definition) is 6. The van der Waals surface area contributed by atoms with Crippen molar-refractivity contribution in [3.8, 4) is 0 Å². The predicted molar refractivity (Wildman–Crippen MR) is 112 cm³/mol. The van der Waals surface area contributed by atoms with Gasteiger partial charge in [0.25, 0.3) is 11.6 Å². The first kappa shape index (κ1) is 21.8. The fourth-order valence-electron chi connectivity index (χ4n) is 3.25. The lowest BCUT2D eigenvalue weighted by Crippen LogP contribution is -2.32. The van der Waals surface area contributed by atoms with Gasteiger partial charge in [-0.15, -0.1) is 0 Å². The van der Waals surface area contributed by atoms with Crippen LogP contribution in [0.25, 0.3) is 0 Å². The number of hydrogen-bond donors (Lipinski definition) is 2. The number of non-ortho nitro benzene ring substituents is 1. The highest BCUT2D eigenvalue weighted by Gasteiger charge is 2.19. The molecule has 162 valence electrons. The van der Waals surface area contributed by atoms with Gasteiger partial charge in [-0.1, -0.05) is 12.1 Å². The maximum atomic E-state index is 12.5. The van der Waals surface area contributed by atoms with Crippen molar-refractivity contribution in [2.45, 2.75) is 19.4 Å². The smallest absolute Gasteiger partial charge is 0.338 e. The zero-order chi connectivity index (χ0) is 22.4. The Morgan fingerprint density at radius 2 is 1.81 bits per heavy atom. The van der Waals surface area contributed by atoms with Gasteiger partial charge in [-0.05, 0) is 36.6 Å². The molecule has 1 saturated heterocycles. The number of amides is 3. The molecule has 0 spiro atoms. The molecule has 2 N–H and O–H groups in total. The highest BCUT2D eigenvalue weighted by Crippen LogP contribution is 2.19. The Bertz CT molecular complexity index is 1020. The monoisotopic (exact) mass is 426 g/mol. The summed E-state index contributed by atoms with van der Waals surface area (Å²) in [5.74, 6) is -1.36. The van der Waals surface area contributed by atoms with Crippen molar-refractivity contribution in [1.29, 1.82) is 0 Å². The van der Waals surface area contributed by atoms with Crippen molar-refractivity contribution < 1.29 is 24.0 Å². The number of nitro benzene ring substituents is 1. The third kappa shape index (κ3) is 5.56. The molecule has 2 aromatic carbocycles. The minimum absolute atomic E-state index is 0.0342. The summed E-state index contributed by atoms with van der Waals surface area (Å²) in [7, 11) is 1.15. The first-order chi connectivity index (χ1) is 14.9. The van der Waals surface area contributed by atoms with E-state index in [1.54, 1.807) is 29.2 Å². The Hall–Kier alpha value is -3.95. The summed E-state index contributed by atoms with van der Waals surface area (Å²) >= 11 is 0. The van der Waals surface area contributed by atoms with Gasteiger partial charge in [0.1, 0.15) is 0 Å². The van der Waals surface area contributed by atoms with Gasteiger partial charge in [0.15, 0.2) is 0 Å². The Labute approximate surface area is 178 Å². The molecule has 0 saturated carbocycles. The van der Waals surface area contributed by atoms with Gasteiger partial charge in [-0.3, -0.25) is 14.9 Å². The lowest BCUT2D eigenvalue weighted by Gasteiger charge is -2.16. The summed E-state index contributed by atoms with van der Waals surface area (Å²) in [4.78, 5) is 48.7. The van der Waals surface area contributed by atoms with E-state index in [1.165, 1.54) is 6.07 Å². The number of rotatable bonds is 6. The molecular formula is C21H22N4O6. The molecular weight excluding hydrogens is 404 g/mol. The SMILES string of the molecule is COC(=O)c1cc(C(=O)NCc2cccc(NC(=O)N3CCCC3)c2)cc([N+](=O)[O-])c1. The molecule has 10 heteroatoms. The van der Waals surface area contributed by atoms with Crippen LogP contribution in [0.5, 0.6) is 0 Å². The number of carbonyl (C=O) groups is 3. The van der Waals surface area contributed by atoms with E-state index < -0.39 is 16.8 Å². The van der Waals surface area contributed by atoms with Crippen LogP contribution in [0.15, 0.2) is 42.5 Å². The van der Waals surface area contributed by atoms with E-state index in [0.29, 0.717) is 5.69 Å². The molecule has 1 heterocycles. The number of esters is 1. The van der Waals surface area contributed by atoms with Crippen molar-refractivity contribution >= 4 is 29.3 Å². The number of methoxy groups -OCH3 is 1. The highest BCUT2D eigenvalue weighted by atomic mass is 16.6. The molecule has 31 heavy (non-hydrogen) atoms. The molecule has 0 aliphatic carbocycles. The summed E-state index contributed by atoms with van der Waals surface area (Å²) in [6.45, 7) is 1.60. The van der Waals surface area contributed by atoms with Gasteiger partial charge >= 0.3 is 12.0 Å². The first-order valence-corrected chi connectivity index (χ1v) is 9.68. The lowest BCUT2D eigenvalue weighted by molar-refractivity contribution is -0.384. The van der Waals surface area contributed by atoms with E-state index in [-0.39, 0.29) is 29.4 Å². The van der Waals surface area contributed by atoms with Crippen LogP contribution in [0.2, 0.25) is 0 Å². The average molecular weight is 426 g/mol. The number of urea groups is 1. The first-order valence-electron chi connectivity index (χ1n) is 9.68. The van der Waals surface area contributed by atoms with Crippen molar-refractivity contribution in [2.24, 2.45) is 0 Å². The standard InChI is InChI=1S/C21H22N4O6/c1-31-20(27)16-10-15(11-18(12-16)25(29)30)19(26)22-13-14-5-4-6-17(9-14)23-21(28)24-7-2-3-8-24/h4-6,9-12H,2-3,7-8,13H2,1H3,(H,22,26)(H,23,28). The molecule has 1 aliphatic heterocycles. The van der Waals surface area contributed by atoms with E-state index in [1.807, 2.05) is 0 Å². The number of nitrogens with zero attached hydrogens (tertiary/aromatic N) is 2. The second-order valence-electron chi connectivity index (χ2n) is 7.02. The zero-order valence-electron chi connectivity index (χ0n) is 16.9. The third-order valence-corrected chi connectivity index (χ3v) is 4.84. The molecule has 0 radical (unpaired) electrons. The summed E-state index contributed by atoms with van der Waals surface area (Å²) in [6.07, 6.45) is 1.99. The van der Waals surface area contributed by atoms with E-state index in [9.17, 15) is 24.5 Å². The fraction of sp³-hybridized carbons (Fsp3) is 0.286. The molecule has 10 nitrogen and oxygen atoms in total. The van der Waals surface area contributed by atoms with Gasteiger partial charge in [0.05, 0.1) is 17.6 Å². The largest absolute Gasteiger partial charge is 0.465 e. The number of nitrogens with one attached hydrogen (secondary N) is 2. The molecule has 1 fully saturated rings. The van der Waals surface area contributed by atoms with Gasteiger partial charge in [0, 0.05) is 43.0 Å². The quantitative estimate of drug-likeness (QED) is 0.415. The molecule has 3 rings (SSSR count). The molecule has 0 unspecified atom stereocenters. The number of carbonyl (C=O) groups excluding carboxylic acids is 3. The Kier molecular flexibility index (Phi) is 6.81. The maximum absolute atomic E-state index is 12.5. The van der Waals surface area contributed by atoms with Gasteiger partial charge < -0.3 is 20.3 Å².